The van der Waals surface area contributed by atoms with Gasteiger partial charge in [0.15, 0.2) is 0 Å². The number of hydrogen-bond acceptors (Lipinski definition) is 5. The zero-order chi connectivity index (χ0) is 11.5. The smallest absolute Gasteiger partial charge is 0.349 e. The molecule has 1 aliphatic heterocycles. The average molecular weight is 235 g/mol. The van der Waals surface area contributed by atoms with Gasteiger partial charge in [0.2, 0.25) is 0 Å². The Bertz CT molecular complexity index is 555. The molecule has 0 bridgehead atoms. The lowest BCUT2D eigenvalue weighted by Gasteiger charge is -2.02. The zero-order valence-electron chi connectivity index (χ0n) is 8.51. The molecular formula is C11H9NO3S. The standard InChI is InChI=1S/C11H9NO3S/c1-7-6-9(13)10(11(14)15-7)8-2-4-16-5-3-12-8/h2-6,13H,1H3. The minimum atomic E-state index is -0.582. The molecule has 2 heterocycles. The first-order valence-corrected chi connectivity index (χ1v) is 5.51. The Labute approximate surface area is 96.0 Å². The number of aromatic hydroxyl groups is 1. The van der Waals surface area contributed by atoms with Crippen LogP contribution in [0.5, 0.6) is 5.75 Å². The molecule has 0 saturated carbocycles. The van der Waals surface area contributed by atoms with Gasteiger partial charge in [-0.25, -0.2) is 4.79 Å². The molecule has 0 atom stereocenters. The Balaban J connectivity index is 2.60. The second kappa shape index (κ2) is 4.40. The van der Waals surface area contributed by atoms with E-state index in [2.05, 4.69) is 4.99 Å². The molecule has 0 radical (unpaired) electrons. The van der Waals surface area contributed by atoms with Gasteiger partial charge in [-0.3, -0.25) is 4.99 Å². The van der Waals surface area contributed by atoms with E-state index >= 15 is 0 Å². The lowest BCUT2D eigenvalue weighted by atomic mass is 10.1. The van der Waals surface area contributed by atoms with Gasteiger partial charge >= 0.3 is 5.63 Å². The highest BCUT2D eigenvalue weighted by Gasteiger charge is 2.14. The molecule has 0 unspecified atom stereocenters. The summed E-state index contributed by atoms with van der Waals surface area (Å²) in [6.45, 7) is 1.60. The SMILES string of the molecule is Cc1cc(O)c(C2=NC=CSC=C2)c(=O)o1. The van der Waals surface area contributed by atoms with E-state index in [0.717, 1.165) is 0 Å². The number of nitrogens with zero attached hydrogens (tertiary/aromatic N) is 1. The number of thioether (sulfide) groups is 1. The van der Waals surface area contributed by atoms with Crippen LogP contribution in [0.4, 0.5) is 0 Å². The first-order valence-electron chi connectivity index (χ1n) is 4.57. The highest BCUT2D eigenvalue weighted by molar-refractivity contribution is 8.04. The lowest BCUT2D eigenvalue weighted by molar-refractivity contribution is 0.432. The highest BCUT2D eigenvalue weighted by atomic mass is 32.2. The number of aryl methyl sites for hydroxylation is 1. The van der Waals surface area contributed by atoms with E-state index in [9.17, 15) is 9.90 Å². The van der Waals surface area contributed by atoms with Crippen molar-refractivity contribution in [3.8, 4) is 5.75 Å². The van der Waals surface area contributed by atoms with Crippen LogP contribution in [0.1, 0.15) is 11.3 Å². The van der Waals surface area contributed by atoms with Gasteiger partial charge in [0, 0.05) is 12.3 Å². The number of allylic oxidation sites excluding steroid dienone is 1. The van der Waals surface area contributed by atoms with Gasteiger partial charge in [-0.15, -0.1) is 11.8 Å². The Morgan fingerprint density at radius 3 is 3.00 bits per heavy atom. The van der Waals surface area contributed by atoms with Crippen LogP contribution in [0.25, 0.3) is 0 Å². The first kappa shape index (κ1) is 10.8. The van der Waals surface area contributed by atoms with Crippen LogP contribution in [-0.2, 0) is 0 Å². The van der Waals surface area contributed by atoms with Crippen molar-refractivity contribution < 1.29 is 9.52 Å². The van der Waals surface area contributed by atoms with E-state index in [1.165, 1.54) is 17.8 Å². The fraction of sp³-hybridized carbons (Fsp3) is 0.0909. The van der Waals surface area contributed by atoms with E-state index in [1.54, 1.807) is 30.0 Å². The third-order valence-electron chi connectivity index (χ3n) is 1.97. The maximum atomic E-state index is 11.6. The predicted molar refractivity (Wildman–Crippen MR) is 63.8 cm³/mol. The quantitative estimate of drug-likeness (QED) is 0.810. The summed E-state index contributed by atoms with van der Waals surface area (Å²) in [5.41, 5.74) is -0.0947. The van der Waals surface area contributed by atoms with Crippen molar-refractivity contribution in [2.24, 2.45) is 4.99 Å². The molecule has 5 heteroatoms. The Hall–Kier alpha value is -1.75. The molecule has 16 heavy (non-hydrogen) atoms. The topological polar surface area (TPSA) is 62.8 Å². The maximum absolute atomic E-state index is 11.6. The van der Waals surface area contributed by atoms with Crippen molar-refractivity contribution in [3.63, 3.8) is 0 Å². The molecule has 0 aromatic carbocycles. The van der Waals surface area contributed by atoms with E-state index in [4.69, 9.17) is 4.42 Å². The zero-order valence-corrected chi connectivity index (χ0v) is 9.32. The normalized spacial score (nSPS) is 14.7. The molecule has 0 amide bonds. The van der Waals surface area contributed by atoms with Gasteiger partial charge in [0.25, 0.3) is 0 Å². The van der Waals surface area contributed by atoms with Gasteiger partial charge in [-0.05, 0) is 23.8 Å². The Morgan fingerprint density at radius 2 is 2.25 bits per heavy atom. The highest BCUT2D eigenvalue weighted by Crippen LogP contribution is 2.18. The minimum absolute atomic E-state index is 0.0917. The monoisotopic (exact) mass is 235 g/mol. The third kappa shape index (κ3) is 2.09. The van der Waals surface area contributed by atoms with Crippen LogP contribution in [0.3, 0.4) is 0 Å². The van der Waals surface area contributed by atoms with Crippen LogP contribution < -0.4 is 5.63 Å². The lowest BCUT2D eigenvalue weighted by Crippen LogP contribution is -2.13. The van der Waals surface area contributed by atoms with Crippen molar-refractivity contribution in [1.82, 2.24) is 0 Å². The molecule has 1 aromatic rings. The fourth-order valence-corrected chi connectivity index (χ4v) is 1.75. The molecule has 1 aliphatic rings. The molecule has 4 nitrogen and oxygen atoms in total. The molecule has 0 fully saturated rings. The third-order valence-corrected chi connectivity index (χ3v) is 2.54. The Morgan fingerprint density at radius 1 is 1.44 bits per heavy atom. The van der Waals surface area contributed by atoms with E-state index in [1.807, 2.05) is 0 Å². The van der Waals surface area contributed by atoms with Crippen molar-refractivity contribution >= 4 is 17.5 Å². The van der Waals surface area contributed by atoms with Crippen LogP contribution in [0.2, 0.25) is 0 Å². The summed E-state index contributed by atoms with van der Waals surface area (Å²) in [5.74, 6) is 0.256. The van der Waals surface area contributed by atoms with Crippen molar-refractivity contribution in [2.75, 3.05) is 0 Å². The van der Waals surface area contributed by atoms with Crippen LogP contribution in [0, 0.1) is 6.92 Å². The largest absolute Gasteiger partial charge is 0.507 e. The summed E-state index contributed by atoms with van der Waals surface area (Å²) in [4.78, 5) is 15.7. The molecule has 1 N–H and O–H groups in total. The molecule has 2 rings (SSSR count). The number of aliphatic imine (C=N–C) groups is 1. The second-order valence-electron chi connectivity index (χ2n) is 3.14. The van der Waals surface area contributed by atoms with Crippen LogP contribution >= 0.6 is 11.8 Å². The average Bonchev–Trinajstić information content (AvgIpc) is 2.44. The number of hydrogen-bond donors (Lipinski definition) is 1. The van der Waals surface area contributed by atoms with E-state index in [-0.39, 0.29) is 11.3 Å². The summed E-state index contributed by atoms with van der Waals surface area (Å²) in [6.07, 6.45) is 3.23. The van der Waals surface area contributed by atoms with E-state index in [0.29, 0.717) is 11.5 Å². The molecule has 0 spiro atoms. The molecule has 0 saturated heterocycles. The summed E-state index contributed by atoms with van der Waals surface area (Å²) >= 11 is 1.44. The Kier molecular flexibility index (Phi) is 2.96. The summed E-state index contributed by atoms with van der Waals surface area (Å²) in [7, 11) is 0. The summed E-state index contributed by atoms with van der Waals surface area (Å²) in [6, 6.07) is 1.40. The molecule has 0 aliphatic carbocycles. The van der Waals surface area contributed by atoms with Crippen LogP contribution in [0.15, 0.2) is 43.4 Å². The van der Waals surface area contributed by atoms with E-state index < -0.39 is 5.63 Å². The van der Waals surface area contributed by atoms with Gasteiger partial charge in [0.1, 0.15) is 17.1 Å². The van der Waals surface area contributed by atoms with Gasteiger partial charge < -0.3 is 9.52 Å². The summed E-state index contributed by atoms with van der Waals surface area (Å²) in [5, 5.41) is 13.3. The minimum Gasteiger partial charge on any atom is -0.507 e. The number of rotatable bonds is 1. The first-order chi connectivity index (χ1) is 7.68. The summed E-state index contributed by atoms with van der Waals surface area (Å²) < 4.78 is 4.92. The second-order valence-corrected chi connectivity index (χ2v) is 3.96. The fourth-order valence-electron chi connectivity index (χ4n) is 1.32. The predicted octanol–water partition coefficient (Wildman–Crippen LogP) is 2.17. The van der Waals surface area contributed by atoms with Crippen molar-refractivity contribution in [1.29, 1.82) is 0 Å². The van der Waals surface area contributed by atoms with Crippen molar-refractivity contribution in [3.05, 3.63) is 50.9 Å². The van der Waals surface area contributed by atoms with Gasteiger partial charge in [0.05, 0.1) is 5.71 Å². The molecular weight excluding hydrogens is 226 g/mol. The molecule has 1 aromatic heterocycles. The maximum Gasteiger partial charge on any atom is 0.349 e. The van der Waals surface area contributed by atoms with Crippen LogP contribution in [-0.4, -0.2) is 10.8 Å². The van der Waals surface area contributed by atoms with Gasteiger partial charge in [-0.2, -0.15) is 0 Å². The van der Waals surface area contributed by atoms with Gasteiger partial charge in [-0.1, -0.05) is 0 Å². The van der Waals surface area contributed by atoms with Crippen molar-refractivity contribution in [2.45, 2.75) is 6.92 Å². The molecule has 82 valence electrons.